The van der Waals surface area contributed by atoms with Crippen molar-refractivity contribution in [2.75, 3.05) is 6.54 Å². The first-order chi connectivity index (χ1) is 8.53. The van der Waals surface area contributed by atoms with Gasteiger partial charge in [-0.15, -0.1) is 0 Å². The lowest BCUT2D eigenvalue weighted by Gasteiger charge is -2.25. The first kappa shape index (κ1) is 13.8. The van der Waals surface area contributed by atoms with Crippen LogP contribution in [0.15, 0.2) is 23.1 Å². The summed E-state index contributed by atoms with van der Waals surface area (Å²) in [7, 11) is -3.51. The Labute approximate surface area is 113 Å². The quantitative estimate of drug-likeness (QED) is 0.869. The highest BCUT2D eigenvalue weighted by Gasteiger charge is 2.22. The molecule has 2 rings (SSSR count). The number of hydrogen-bond acceptors (Lipinski definition) is 3. The minimum Gasteiger partial charge on any atom is -0.326 e. The lowest BCUT2D eigenvalue weighted by Crippen LogP contribution is -2.32. The molecule has 1 aliphatic rings. The summed E-state index contributed by atoms with van der Waals surface area (Å²) in [5.41, 5.74) is 6.30. The van der Waals surface area contributed by atoms with Crippen molar-refractivity contribution in [3.05, 3.63) is 28.8 Å². The second-order valence-electron chi connectivity index (χ2n) is 4.62. The topological polar surface area (TPSA) is 72.2 Å². The molecule has 0 bridgehead atoms. The molecule has 1 saturated carbocycles. The van der Waals surface area contributed by atoms with E-state index in [1.54, 1.807) is 12.1 Å². The zero-order valence-electron chi connectivity index (χ0n) is 10.0. The minimum atomic E-state index is -3.51. The van der Waals surface area contributed by atoms with Crippen LogP contribution in [-0.2, 0) is 16.6 Å². The molecular formula is C12H17ClN2O2S. The van der Waals surface area contributed by atoms with Gasteiger partial charge in [-0.25, -0.2) is 13.1 Å². The highest BCUT2D eigenvalue weighted by atomic mass is 35.5. The number of nitrogens with two attached hydrogens (primary N) is 1. The van der Waals surface area contributed by atoms with Gasteiger partial charge in [0.05, 0.1) is 5.02 Å². The highest BCUT2D eigenvalue weighted by Crippen LogP contribution is 2.27. The van der Waals surface area contributed by atoms with Crippen molar-refractivity contribution in [2.45, 2.75) is 30.7 Å². The predicted octanol–water partition coefficient (Wildman–Crippen LogP) is 1.88. The average Bonchev–Trinajstić information content (AvgIpc) is 2.26. The zero-order chi connectivity index (χ0) is 13.2. The molecule has 4 nitrogen and oxygen atoms in total. The molecule has 0 amide bonds. The molecule has 0 atom stereocenters. The summed E-state index contributed by atoms with van der Waals surface area (Å²) in [6, 6.07) is 4.79. The summed E-state index contributed by atoms with van der Waals surface area (Å²) in [6.45, 7) is 0.840. The molecule has 1 aromatic rings. The number of sulfonamides is 1. The van der Waals surface area contributed by atoms with E-state index >= 15 is 0 Å². The largest absolute Gasteiger partial charge is 0.326 e. The van der Waals surface area contributed by atoms with Gasteiger partial charge in [0, 0.05) is 13.1 Å². The van der Waals surface area contributed by atoms with Gasteiger partial charge in [-0.3, -0.25) is 0 Å². The Bertz CT molecular complexity index is 527. The number of hydrogen-bond donors (Lipinski definition) is 2. The van der Waals surface area contributed by atoms with Crippen LogP contribution in [0.2, 0.25) is 5.02 Å². The Morgan fingerprint density at radius 2 is 2.11 bits per heavy atom. The van der Waals surface area contributed by atoms with E-state index < -0.39 is 10.0 Å². The van der Waals surface area contributed by atoms with Crippen LogP contribution in [0, 0.1) is 5.92 Å². The average molecular weight is 289 g/mol. The third-order valence-electron chi connectivity index (χ3n) is 3.31. The maximum Gasteiger partial charge on any atom is 0.242 e. The molecule has 0 radical (unpaired) electrons. The van der Waals surface area contributed by atoms with Crippen molar-refractivity contribution in [3.8, 4) is 0 Å². The molecule has 1 fully saturated rings. The van der Waals surface area contributed by atoms with Crippen LogP contribution in [0.25, 0.3) is 0 Å². The van der Waals surface area contributed by atoms with Gasteiger partial charge in [0.25, 0.3) is 0 Å². The molecule has 1 aliphatic carbocycles. The second-order valence-corrected chi connectivity index (χ2v) is 6.76. The smallest absolute Gasteiger partial charge is 0.242 e. The number of benzene rings is 1. The molecule has 0 aromatic heterocycles. The van der Waals surface area contributed by atoms with Gasteiger partial charge in [0.2, 0.25) is 10.0 Å². The number of nitrogens with one attached hydrogen (secondary N) is 1. The molecule has 6 heteroatoms. The third-order valence-corrected chi connectivity index (χ3v) is 5.21. The Balaban J connectivity index is 2.12. The summed E-state index contributed by atoms with van der Waals surface area (Å²) >= 11 is 5.98. The fourth-order valence-corrected chi connectivity index (χ4v) is 3.57. The van der Waals surface area contributed by atoms with Gasteiger partial charge < -0.3 is 5.73 Å². The number of rotatable bonds is 5. The molecular weight excluding hydrogens is 272 g/mol. The van der Waals surface area contributed by atoms with Crippen LogP contribution in [0.3, 0.4) is 0 Å². The maximum atomic E-state index is 12.1. The van der Waals surface area contributed by atoms with Crippen LogP contribution >= 0.6 is 11.6 Å². The highest BCUT2D eigenvalue weighted by molar-refractivity contribution is 7.89. The minimum absolute atomic E-state index is 0.126. The van der Waals surface area contributed by atoms with E-state index in [-0.39, 0.29) is 9.92 Å². The SMILES string of the molecule is NCc1ccc(S(=O)(=O)NCC2CCC2)c(Cl)c1. The lowest BCUT2D eigenvalue weighted by molar-refractivity contribution is 0.316. The molecule has 100 valence electrons. The van der Waals surface area contributed by atoms with E-state index in [9.17, 15) is 8.42 Å². The molecule has 0 saturated heterocycles. The van der Waals surface area contributed by atoms with Crippen molar-refractivity contribution in [1.29, 1.82) is 0 Å². The van der Waals surface area contributed by atoms with Crippen molar-refractivity contribution in [3.63, 3.8) is 0 Å². The second kappa shape index (κ2) is 5.57. The van der Waals surface area contributed by atoms with Crippen molar-refractivity contribution < 1.29 is 8.42 Å². The monoisotopic (exact) mass is 288 g/mol. The molecule has 0 aliphatic heterocycles. The van der Waals surface area contributed by atoms with Crippen LogP contribution in [0.5, 0.6) is 0 Å². The van der Waals surface area contributed by atoms with Gasteiger partial charge in [-0.1, -0.05) is 24.1 Å². The fraction of sp³-hybridized carbons (Fsp3) is 0.500. The first-order valence-corrected chi connectivity index (χ1v) is 7.87. The van der Waals surface area contributed by atoms with E-state index in [0.717, 1.165) is 18.4 Å². The summed E-state index contributed by atoms with van der Waals surface area (Å²) in [4.78, 5) is 0.126. The standard InChI is InChI=1S/C12H17ClN2O2S/c13-11-6-10(7-14)4-5-12(11)18(16,17)15-8-9-2-1-3-9/h4-6,9,15H,1-3,7-8,14H2. The van der Waals surface area contributed by atoms with Crippen LogP contribution in [0.1, 0.15) is 24.8 Å². The van der Waals surface area contributed by atoms with Crippen LogP contribution in [-0.4, -0.2) is 15.0 Å². The zero-order valence-corrected chi connectivity index (χ0v) is 11.6. The van der Waals surface area contributed by atoms with Crippen LogP contribution in [0.4, 0.5) is 0 Å². The lowest BCUT2D eigenvalue weighted by atomic mass is 9.86. The Morgan fingerprint density at radius 3 is 2.61 bits per heavy atom. The van der Waals surface area contributed by atoms with E-state index in [1.165, 1.54) is 12.5 Å². The van der Waals surface area contributed by atoms with Gasteiger partial charge in [0.1, 0.15) is 4.90 Å². The molecule has 0 unspecified atom stereocenters. The predicted molar refractivity (Wildman–Crippen MR) is 71.9 cm³/mol. The van der Waals surface area contributed by atoms with Crippen molar-refractivity contribution in [1.82, 2.24) is 4.72 Å². The van der Waals surface area contributed by atoms with Crippen LogP contribution < -0.4 is 10.5 Å². The van der Waals surface area contributed by atoms with E-state index in [0.29, 0.717) is 19.0 Å². The summed E-state index contributed by atoms with van der Waals surface area (Å²) in [5.74, 6) is 0.474. The van der Waals surface area contributed by atoms with Gasteiger partial charge in [0.15, 0.2) is 0 Å². The molecule has 18 heavy (non-hydrogen) atoms. The Hall–Kier alpha value is -0.620. The maximum absolute atomic E-state index is 12.1. The summed E-state index contributed by atoms with van der Waals surface area (Å²) < 4.78 is 26.8. The third kappa shape index (κ3) is 3.03. The van der Waals surface area contributed by atoms with Crippen molar-refractivity contribution >= 4 is 21.6 Å². The fourth-order valence-electron chi connectivity index (χ4n) is 1.89. The Morgan fingerprint density at radius 1 is 1.39 bits per heavy atom. The van der Waals surface area contributed by atoms with E-state index in [2.05, 4.69) is 4.72 Å². The first-order valence-electron chi connectivity index (χ1n) is 6.01. The summed E-state index contributed by atoms with van der Waals surface area (Å²) in [5, 5.41) is 0.221. The summed E-state index contributed by atoms with van der Waals surface area (Å²) in [6.07, 6.45) is 3.39. The Kier molecular flexibility index (Phi) is 4.27. The normalized spacial score (nSPS) is 16.6. The van der Waals surface area contributed by atoms with Crippen molar-refractivity contribution in [2.24, 2.45) is 11.7 Å². The van der Waals surface area contributed by atoms with Gasteiger partial charge in [-0.2, -0.15) is 0 Å². The molecule has 0 spiro atoms. The molecule has 0 heterocycles. The molecule has 1 aromatic carbocycles. The van der Waals surface area contributed by atoms with E-state index in [1.807, 2.05) is 0 Å². The molecule has 3 N–H and O–H groups in total. The van der Waals surface area contributed by atoms with Gasteiger partial charge in [-0.05, 0) is 36.5 Å². The van der Waals surface area contributed by atoms with E-state index in [4.69, 9.17) is 17.3 Å². The van der Waals surface area contributed by atoms with Gasteiger partial charge >= 0.3 is 0 Å². The number of halogens is 1.